The number of pyridine rings is 1. The first-order chi connectivity index (χ1) is 7.83. The number of aromatic nitrogens is 1. The molecule has 1 aromatic heterocycles. The van der Waals surface area contributed by atoms with Crippen LogP contribution in [0.3, 0.4) is 0 Å². The Morgan fingerprint density at radius 1 is 1.19 bits per heavy atom. The fourth-order valence-electron chi connectivity index (χ4n) is 1.35. The Morgan fingerprint density at radius 2 is 1.94 bits per heavy atom. The van der Waals surface area contributed by atoms with Gasteiger partial charge in [0.05, 0.1) is 18.3 Å². The lowest BCUT2D eigenvalue weighted by molar-refractivity contribution is 0.415. The van der Waals surface area contributed by atoms with Crippen LogP contribution in [0.5, 0.6) is 5.75 Å². The van der Waals surface area contributed by atoms with E-state index in [0.29, 0.717) is 0 Å². The van der Waals surface area contributed by atoms with E-state index >= 15 is 0 Å². The van der Waals surface area contributed by atoms with Crippen molar-refractivity contribution in [1.29, 1.82) is 0 Å². The van der Waals surface area contributed by atoms with E-state index in [1.807, 2.05) is 38.1 Å². The second-order valence-corrected chi connectivity index (χ2v) is 3.56. The van der Waals surface area contributed by atoms with Gasteiger partial charge < -0.3 is 4.74 Å². The van der Waals surface area contributed by atoms with Gasteiger partial charge >= 0.3 is 0 Å². The molecule has 0 aliphatic carbocycles. The summed E-state index contributed by atoms with van der Waals surface area (Å²) in [6.45, 7) is 4.00. The number of ether oxygens (including phenoxy) is 1. The maximum atomic E-state index is 5.14. The van der Waals surface area contributed by atoms with Gasteiger partial charge in [-0.2, -0.15) is 0 Å². The molecule has 2 nitrogen and oxygen atoms in total. The number of alkyl halides is 1. The Balaban J connectivity index is 0.000000606. The molecular weight excluding hydrogens is 266 g/mol. The van der Waals surface area contributed by atoms with Crippen LogP contribution in [0.2, 0.25) is 0 Å². The van der Waals surface area contributed by atoms with Gasteiger partial charge in [0, 0.05) is 10.7 Å². The molecule has 0 amide bonds. The molecule has 0 saturated heterocycles. The van der Waals surface area contributed by atoms with Gasteiger partial charge in [0.15, 0.2) is 0 Å². The monoisotopic (exact) mass is 281 g/mol. The highest BCUT2D eigenvalue weighted by atomic mass is 79.9. The van der Waals surface area contributed by atoms with E-state index in [9.17, 15) is 0 Å². The summed E-state index contributed by atoms with van der Waals surface area (Å²) in [6.07, 6.45) is 0. The highest BCUT2D eigenvalue weighted by Gasteiger charge is 1.98. The molecule has 1 heterocycles. The van der Waals surface area contributed by atoms with Gasteiger partial charge in [0.1, 0.15) is 5.75 Å². The molecule has 0 fully saturated rings. The standard InChI is InChI=1S/C11H10BrNO.C2H6/c1-14-10-4-5-11-8(6-10)2-3-9(7-12)13-11;1-2/h2-6H,7H2,1H3;1-2H3. The third-order valence-electron chi connectivity index (χ3n) is 2.09. The number of hydrogen-bond acceptors (Lipinski definition) is 2. The lowest BCUT2D eigenvalue weighted by Gasteiger charge is -2.02. The zero-order valence-electron chi connectivity index (χ0n) is 9.83. The molecule has 0 N–H and O–H groups in total. The molecule has 2 aromatic rings. The lowest BCUT2D eigenvalue weighted by Crippen LogP contribution is -1.87. The van der Waals surface area contributed by atoms with Crippen LogP contribution in [0.1, 0.15) is 19.5 Å². The zero-order valence-corrected chi connectivity index (χ0v) is 11.4. The Hall–Kier alpha value is -1.09. The van der Waals surface area contributed by atoms with Crippen molar-refractivity contribution >= 4 is 26.8 Å². The minimum Gasteiger partial charge on any atom is -0.497 e. The Bertz CT molecular complexity index is 413. The molecule has 86 valence electrons. The van der Waals surface area contributed by atoms with Crippen LogP contribution in [0, 0.1) is 0 Å². The van der Waals surface area contributed by atoms with Gasteiger partial charge in [0.25, 0.3) is 0 Å². The molecule has 16 heavy (non-hydrogen) atoms. The first-order valence-electron chi connectivity index (χ1n) is 5.33. The maximum Gasteiger partial charge on any atom is 0.119 e. The van der Waals surface area contributed by atoms with E-state index in [2.05, 4.69) is 27.0 Å². The van der Waals surface area contributed by atoms with Crippen LogP contribution in [0.4, 0.5) is 0 Å². The van der Waals surface area contributed by atoms with Gasteiger partial charge in [0.2, 0.25) is 0 Å². The summed E-state index contributed by atoms with van der Waals surface area (Å²) >= 11 is 3.38. The predicted octanol–water partition coefficient (Wildman–Crippen LogP) is 4.16. The largest absolute Gasteiger partial charge is 0.497 e. The first-order valence-corrected chi connectivity index (χ1v) is 6.45. The van der Waals surface area contributed by atoms with Gasteiger partial charge in [-0.1, -0.05) is 35.8 Å². The molecular formula is C13H16BrNO. The Labute approximate surface area is 105 Å². The van der Waals surface area contributed by atoms with Crippen molar-refractivity contribution < 1.29 is 4.74 Å². The Morgan fingerprint density at radius 3 is 2.56 bits per heavy atom. The highest BCUT2D eigenvalue weighted by molar-refractivity contribution is 9.08. The summed E-state index contributed by atoms with van der Waals surface area (Å²) in [5.41, 5.74) is 2.05. The third-order valence-corrected chi connectivity index (χ3v) is 2.67. The summed E-state index contributed by atoms with van der Waals surface area (Å²) in [7, 11) is 1.67. The minimum atomic E-state index is 0.787. The molecule has 0 unspecified atom stereocenters. The summed E-state index contributed by atoms with van der Waals surface area (Å²) in [6, 6.07) is 9.95. The fourth-order valence-corrected chi connectivity index (χ4v) is 1.66. The van der Waals surface area contributed by atoms with E-state index in [1.54, 1.807) is 7.11 Å². The zero-order chi connectivity index (χ0) is 12.0. The summed E-state index contributed by atoms with van der Waals surface area (Å²) in [5, 5.41) is 1.89. The number of methoxy groups -OCH3 is 1. The van der Waals surface area contributed by atoms with Crippen molar-refractivity contribution in [2.75, 3.05) is 7.11 Å². The van der Waals surface area contributed by atoms with Crippen molar-refractivity contribution in [3.8, 4) is 5.75 Å². The molecule has 0 bridgehead atoms. The molecule has 0 radical (unpaired) electrons. The van der Waals surface area contributed by atoms with Crippen molar-refractivity contribution in [1.82, 2.24) is 4.98 Å². The lowest BCUT2D eigenvalue weighted by atomic mass is 10.2. The van der Waals surface area contributed by atoms with E-state index in [0.717, 1.165) is 27.7 Å². The highest BCUT2D eigenvalue weighted by Crippen LogP contribution is 2.19. The molecule has 0 saturated carbocycles. The van der Waals surface area contributed by atoms with Crippen LogP contribution < -0.4 is 4.74 Å². The minimum absolute atomic E-state index is 0.787. The number of nitrogens with zero attached hydrogens (tertiary/aromatic N) is 1. The van der Waals surface area contributed by atoms with Gasteiger partial charge in [-0.05, 0) is 24.3 Å². The quantitative estimate of drug-likeness (QED) is 0.771. The second-order valence-electron chi connectivity index (χ2n) is 2.99. The smallest absolute Gasteiger partial charge is 0.119 e. The normalized spacial score (nSPS) is 9.50. The summed E-state index contributed by atoms with van der Waals surface area (Å²) < 4.78 is 5.14. The van der Waals surface area contributed by atoms with Gasteiger partial charge in [-0.3, -0.25) is 4.98 Å². The fraction of sp³-hybridized carbons (Fsp3) is 0.308. The second kappa shape index (κ2) is 6.48. The van der Waals surface area contributed by atoms with Crippen LogP contribution in [0.25, 0.3) is 10.9 Å². The van der Waals surface area contributed by atoms with Gasteiger partial charge in [-0.15, -0.1) is 0 Å². The topological polar surface area (TPSA) is 22.1 Å². The molecule has 1 aromatic carbocycles. The SMILES string of the molecule is CC.COc1ccc2nc(CBr)ccc2c1. The maximum absolute atomic E-state index is 5.14. The molecule has 0 spiro atoms. The van der Waals surface area contributed by atoms with Gasteiger partial charge in [-0.25, -0.2) is 0 Å². The number of halogens is 1. The first kappa shape index (κ1) is 13.0. The van der Waals surface area contributed by atoms with Crippen molar-refractivity contribution in [3.05, 3.63) is 36.0 Å². The van der Waals surface area contributed by atoms with E-state index in [-0.39, 0.29) is 0 Å². The number of benzene rings is 1. The number of fused-ring (bicyclic) bond motifs is 1. The van der Waals surface area contributed by atoms with Crippen LogP contribution >= 0.6 is 15.9 Å². The predicted molar refractivity (Wildman–Crippen MR) is 72.3 cm³/mol. The number of rotatable bonds is 2. The average molecular weight is 282 g/mol. The molecule has 0 atom stereocenters. The third kappa shape index (κ3) is 2.95. The van der Waals surface area contributed by atoms with E-state index in [1.165, 1.54) is 0 Å². The molecule has 0 aliphatic heterocycles. The van der Waals surface area contributed by atoms with Crippen molar-refractivity contribution in [2.24, 2.45) is 0 Å². The van der Waals surface area contributed by atoms with Crippen LogP contribution in [0.15, 0.2) is 30.3 Å². The van der Waals surface area contributed by atoms with Crippen molar-refractivity contribution in [2.45, 2.75) is 19.2 Å². The Kier molecular flexibility index (Phi) is 5.26. The summed E-state index contributed by atoms with van der Waals surface area (Å²) in [5.74, 6) is 0.867. The molecule has 2 rings (SSSR count). The summed E-state index contributed by atoms with van der Waals surface area (Å²) in [4.78, 5) is 4.47. The van der Waals surface area contributed by atoms with Crippen LogP contribution in [-0.4, -0.2) is 12.1 Å². The van der Waals surface area contributed by atoms with Crippen LogP contribution in [-0.2, 0) is 5.33 Å². The van der Waals surface area contributed by atoms with E-state index < -0.39 is 0 Å². The average Bonchev–Trinajstić information content (AvgIpc) is 2.39. The van der Waals surface area contributed by atoms with Crippen molar-refractivity contribution in [3.63, 3.8) is 0 Å². The van der Waals surface area contributed by atoms with E-state index in [4.69, 9.17) is 4.74 Å². The number of hydrogen-bond donors (Lipinski definition) is 0. The molecule has 3 heteroatoms. The molecule has 0 aliphatic rings.